The number of hydrogen-bond donors (Lipinski definition) is 1. The van der Waals surface area contributed by atoms with E-state index in [-0.39, 0.29) is 15.9 Å². The van der Waals surface area contributed by atoms with Crippen LogP contribution in [0.5, 0.6) is 0 Å². The van der Waals surface area contributed by atoms with E-state index >= 15 is 0 Å². The molecule has 0 aliphatic rings. The van der Waals surface area contributed by atoms with E-state index in [0.29, 0.717) is 4.47 Å². The van der Waals surface area contributed by atoms with Crippen molar-refractivity contribution in [1.29, 1.82) is 0 Å². The average Bonchev–Trinajstić information content (AvgIpc) is 2.35. The first kappa shape index (κ1) is 13.2. The number of anilines is 1. The Bertz CT molecular complexity index is 645. The zero-order chi connectivity index (χ0) is 13.2. The molecule has 0 amide bonds. The fourth-order valence-electron chi connectivity index (χ4n) is 1.14. The molecule has 0 spiro atoms. The minimum absolute atomic E-state index is 0.236. The molecule has 0 aliphatic heterocycles. The molecule has 0 saturated carbocycles. The van der Waals surface area contributed by atoms with Gasteiger partial charge < -0.3 is 0 Å². The molecule has 6 nitrogen and oxygen atoms in total. The monoisotopic (exact) mass is 348 g/mol. The predicted octanol–water partition coefficient (Wildman–Crippen LogP) is 2.09. The van der Waals surface area contributed by atoms with E-state index in [1.807, 2.05) is 0 Å². The van der Waals surface area contributed by atoms with Crippen LogP contribution < -0.4 is 4.72 Å². The summed E-state index contributed by atoms with van der Waals surface area (Å²) in [4.78, 5) is 10.7. The van der Waals surface area contributed by atoms with Gasteiger partial charge in [-0.25, -0.2) is 15.0 Å². The molecule has 0 fully saturated rings. The zero-order valence-corrected chi connectivity index (χ0v) is 11.9. The van der Waals surface area contributed by atoms with Gasteiger partial charge in [0.2, 0.25) is 0 Å². The van der Waals surface area contributed by atoms with Gasteiger partial charge in [0.15, 0.2) is 0 Å². The van der Waals surface area contributed by atoms with Gasteiger partial charge >= 0.3 is 0 Å². The molecule has 1 aromatic heterocycles. The van der Waals surface area contributed by atoms with Crippen LogP contribution in [0.15, 0.2) is 40.5 Å². The number of sulfonamides is 1. The van der Waals surface area contributed by atoms with Crippen molar-refractivity contribution in [1.82, 2.24) is 15.0 Å². The average molecular weight is 350 g/mol. The SMILES string of the molecule is O=S(=O)(Nc1c(Cl)cccc1Br)c1ncncn1. The lowest BCUT2D eigenvalue weighted by Crippen LogP contribution is -2.16. The van der Waals surface area contributed by atoms with Gasteiger partial charge in [0.05, 0.1) is 10.7 Å². The van der Waals surface area contributed by atoms with E-state index in [1.54, 1.807) is 18.2 Å². The van der Waals surface area contributed by atoms with Gasteiger partial charge in [-0.05, 0) is 28.1 Å². The third-order valence-electron chi connectivity index (χ3n) is 1.91. The summed E-state index contributed by atoms with van der Waals surface area (Å²) in [6.45, 7) is 0. The highest BCUT2D eigenvalue weighted by Gasteiger charge is 2.20. The molecule has 0 saturated heterocycles. The molecule has 1 heterocycles. The lowest BCUT2D eigenvalue weighted by molar-refractivity contribution is 0.591. The van der Waals surface area contributed by atoms with Crippen molar-refractivity contribution in [2.24, 2.45) is 0 Å². The highest BCUT2D eigenvalue weighted by Crippen LogP contribution is 2.31. The van der Waals surface area contributed by atoms with Gasteiger partial charge in [0, 0.05) is 4.47 Å². The Balaban J connectivity index is 2.41. The third-order valence-corrected chi connectivity index (χ3v) is 4.05. The van der Waals surface area contributed by atoms with Crippen molar-refractivity contribution in [2.45, 2.75) is 5.16 Å². The van der Waals surface area contributed by atoms with E-state index in [2.05, 4.69) is 35.6 Å². The normalized spacial score (nSPS) is 11.2. The Morgan fingerprint density at radius 3 is 2.50 bits per heavy atom. The lowest BCUT2D eigenvalue weighted by Gasteiger charge is -2.09. The van der Waals surface area contributed by atoms with E-state index in [1.165, 1.54) is 0 Å². The summed E-state index contributed by atoms with van der Waals surface area (Å²) in [7, 11) is -3.88. The van der Waals surface area contributed by atoms with E-state index in [4.69, 9.17) is 11.6 Å². The summed E-state index contributed by atoms with van der Waals surface area (Å²) in [6.07, 6.45) is 2.20. The van der Waals surface area contributed by atoms with Gasteiger partial charge in [-0.2, -0.15) is 8.42 Å². The topological polar surface area (TPSA) is 84.8 Å². The molecule has 2 rings (SSSR count). The van der Waals surface area contributed by atoms with Crippen LogP contribution in [0.1, 0.15) is 0 Å². The molecule has 0 atom stereocenters. The first-order chi connectivity index (χ1) is 8.50. The maximum atomic E-state index is 12.0. The fourth-order valence-corrected chi connectivity index (χ4v) is 3.08. The smallest absolute Gasteiger partial charge is 0.274 e. The van der Waals surface area contributed by atoms with Crippen molar-refractivity contribution < 1.29 is 8.42 Å². The van der Waals surface area contributed by atoms with Crippen LogP contribution in [0.3, 0.4) is 0 Å². The number of halogens is 2. The van der Waals surface area contributed by atoms with Crippen molar-refractivity contribution >= 4 is 43.2 Å². The molecule has 18 heavy (non-hydrogen) atoms. The fraction of sp³-hybridized carbons (Fsp3) is 0. The second kappa shape index (κ2) is 5.17. The van der Waals surface area contributed by atoms with Crippen molar-refractivity contribution in [3.05, 3.63) is 40.3 Å². The van der Waals surface area contributed by atoms with E-state index < -0.39 is 10.0 Å². The largest absolute Gasteiger partial charge is 0.297 e. The number of benzene rings is 1. The Morgan fingerprint density at radius 2 is 1.89 bits per heavy atom. The Hall–Kier alpha value is -1.25. The first-order valence-electron chi connectivity index (χ1n) is 4.59. The molecule has 0 unspecified atom stereocenters. The number of hydrogen-bond acceptors (Lipinski definition) is 5. The zero-order valence-electron chi connectivity index (χ0n) is 8.71. The maximum Gasteiger partial charge on any atom is 0.297 e. The van der Waals surface area contributed by atoms with Gasteiger partial charge in [-0.1, -0.05) is 17.7 Å². The van der Waals surface area contributed by atoms with Crippen LogP contribution in [-0.4, -0.2) is 23.4 Å². The quantitative estimate of drug-likeness (QED) is 0.917. The van der Waals surface area contributed by atoms with Crippen LogP contribution >= 0.6 is 27.5 Å². The molecular weight excluding hydrogens is 344 g/mol. The summed E-state index contributed by atoms with van der Waals surface area (Å²) in [5.74, 6) is 0. The molecule has 9 heteroatoms. The number of para-hydroxylation sites is 1. The summed E-state index contributed by atoms with van der Waals surface area (Å²) >= 11 is 9.12. The van der Waals surface area contributed by atoms with Crippen LogP contribution in [0, 0.1) is 0 Å². The van der Waals surface area contributed by atoms with Crippen LogP contribution in [-0.2, 0) is 10.0 Å². The highest BCUT2D eigenvalue weighted by atomic mass is 79.9. The van der Waals surface area contributed by atoms with E-state index in [9.17, 15) is 8.42 Å². The van der Waals surface area contributed by atoms with Crippen molar-refractivity contribution in [2.75, 3.05) is 4.72 Å². The second-order valence-corrected chi connectivity index (χ2v) is 5.96. The molecule has 0 bridgehead atoms. The number of nitrogens with zero attached hydrogens (tertiary/aromatic N) is 3. The van der Waals surface area contributed by atoms with Crippen molar-refractivity contribution in [3.63, 3.8) is 0 Å². The van der Waals surface area contributed by atoms with E-state index in [0.717, 1.165) is 12.7 Å². The Kier molecular flexibility index (Phi) is 3.79. The Labute approximate surface area is 117 Å². The van der Waals surface area contributed by atoms with Crippen LogP contribution in [0.4, 0.5) is 5.69 Å². The summed E-state index contributed by atoms with van der Waals surface area (Å²) in [5, 5.41) is -0.105. The lowest BCUT2D eigenvalue weighted by atomic mass is 10.3. The Morgan fingerprint density at radius 1 is 1.22 bits per heavy atom. The summed E-state index contributed by atoms with van der Waals surface area (Å²) < 4.78 is 26.8. The van der Waals surface area contributed by atoms with Crippen LogP contribution in [0.2, 0.25) is 5.02 Å². The second-order valence-electron chi connectivity index (χ2n) is 3.12. The number of aromatic nitrogens is 3. The molecular formula is C9H6BrClN4O2S. The summed E-state index contributed by atoms with van der Waals surface area (Å²) in [5.41, 5.74) is 0.236. The minimum Gasteiger partial charge on any atom is -0.274 e. The third kappa shape index (κ3) is 2.77. The molecule has 2 aromatic rings. The standard InChI is InChI=1S/C9H6BrClN4O2S/c10-6-2-1-3-7(11)8(6)15-18(16,17)9-13-4-12-5-14-9/h1-5,15H. The maximum absolute atomic E-state index is 12.0. The summed E-state index contributed by atoms with van der Waals surface area (Å²) in [6, 6.07) is 4.92. The van der Waals surface area contributed by atoms with Crippen molar-refractivity contribution in [3.8, 4) is 0 Å². The molecule has 1 aromatic carbocycles. The molecule has 0 aliphatic carbocycles. The molecule has 1 N–H and O–H groups in total. The predicted molar refractivity (Wildman–Crippen MR) is 69.8 cm³/mol. The number of rotatable bonds is 3. The number of nitrogens with one attached hydrogen (secondary N) is 1. The first-order valence-corrected chi connectivity index (χ1v) is 7.25. The van der Waals surface area contributed by atoms with Gasteiger partial charge in [-0.3, -0.25) is 4.72 Å². The van der Waals surface area contributed by atoms with Gasteiger partial charge in [-0.15, -0.1) is 0 Å². The van der Waals surface area contributed by atoms with Crippen LogP contribution in [0.25, 0.3) is 0 Å². The molecule has 0 radical (unpaired) electrons. The minimum atomic E-state index is -3.88. The highest BCUT2D eigenvalue weighted by molar-refractivity contribution is 9.10. The van der Waals surface area contributed by atoms with Gasteiger partial charge in [0.1, 0.15) is 12.7 Å². The molecule has 94 valence electrons. The van der Waals surface area contributed by atoms with Gasteiger partial charge in [0.25, 0.3) is 15.2 Å².